The number of benzene rings is 1. The normalized spacial score (nSPS) is 15.9. The molecule has 1 fully saturated rings. The molecule has 0 radical (unpaired) electrons. The first-order valence-electron chi connectivity index (χ1n) is 7.44. The Morgan fingerprint density at radius 3 is 2.65 bits per heavy atom. The number of rotatable bonds is 2. The van der Waals surface area contributed by atoms with Gasteiger partial charge in [-0.15, -0.1) is 0 Å². The van der Waals surface area contributed by atoms with Gasteiger partial charge in [0.15, 0.2) is 11.6 Å². The van der Waals surface area contributed by atoms with Crippen molar-refractivity contribution in [1.29, 1.82) is 0 Å². The Bertz CT molecular complexity index is 737. The lowest BCUT2D eigenvalue weighted by molar-refractivity contribution is 0.0708. The largest absolute Gasteiger partial charge is 0.504 e. The van der Waals surface area contributed by atoms with Gasteiger partial charge in [-0.25, -0.2) is 8.78 Å². The topological polar surface area (TPSA) is 69.2 Å². The molecule has 7 heteroatoms. The van der Waals surface area contributed by atoms with Crippen molar-refractivity contribution in [3.05, 3.63) is 46.8 Å². The third kappa shape index (κ3) is 2.91. The summed E-state index contributed by atoms with van der Waals surface area (Å²) in [7, 11) is 0. The Morgan fingerprint density at radius 2 is 2.04 bits per heavy atom. The van der Waals surface area contributed by atoms with E-state index >= 15 is 0 Å². The van der Waals surface area contributed by atoms with E-state index in [1.807, 2.05) is 6.92 Å². The van der Waals surface area contributed by atoms with E-state index < -0.39 is 23.3 Å². The molecule has 1 amide bonds. The van der Waals surface area contributed by atoms with Gasteiger partial charge in [0.1, 0.15) is 5.82 Å². The van der Waals surface area contributed by atoms with Gasteiger partial charge in [0.25, 0.3) is 5.91 Å². The Hall–Kier alpha value is -2.44. The number of phenolic OH excluding ortho intramolecular Hbond substituents is 1. The van der Waals surface area contributed by atoms with Crippen LogP contribution in [-0.2, 0) is 0 Å². The third-order valence-corrected chi connectivity index (χ3v) is 4.35. The molecule has 2 aromatic rings. The number of halogens is 2. The fraction of sp³-hybridized carbons (Fsp3) is 0.375. The predicted octanol–water partition coefficient (Wildman–Crippen LogP) is 2.72. The number of carbonyl (C=O) groups excluding carboxylic acids is 1. The van der Waals surface area contributed by atoms with Gasteiger partial charge in [-0.05, 0) is 37.3 Å². The molecule has 3 rings (SSSR count). The van der Waals surface area contributed by atoms with Crippen molar-refractivity contribution in [3.63, 3.8) is 0 Å². The van der Waals surface area contributed by atoms with E-state index in [0.717, 1.165) is 30.2 Å². The van der Waals surface area contributed by atoms with Gasteiger partial charge in [-0.1, -0.05) is 0 Å². The number of carbonyl (C=O) groups is 1. The molecule has 0 bridgehead atoms. The quantitative estimate of drug-likeness (QED) is 0.893. The second kappa shape index (κ2) is 5.98. The average Bonchev–Trinajstić information content (AvgIpc) is 2.96. The summed E-state index contributed by atoms with van der Waals surface area (Å²) in [5.74, 6) is -3.06. The highest BCUT2D eigenvalue weighted by Gasteiger charge is 2.28. The Labute approximate surface area is 131 Å². The number of amides is 1. The fourth-order valence-electron chi connectivity index (χ4n) is 3.06. The lowest BCUT2D eigenvalue weighted by atomic mass is 9.89. The fourth-order valence-corrected chi connectivity index (χ4v) is 3.06. The minimum absolute atomic E-state index is 0.302. The van der Waals surface area contributed by atoms with Gasteiger partial charge >= 0.3 is 0 Å². The molecule has 1 aliphatic heterocycles. The highest BCUT2D eigenvalue weighted by atomic mass is 19.1. The van der Waals surface area contributed by atoms with Gasteiger partial charge in [0.05, 0.1) is 11.8 Å². The van der Waals surface area contributed by atoms with Crippen molar-refractivity contribution in [2.45, 2.75) is 25.7 Å². The number of likely N-dealkylation sites (tertiary alicyclic amines) is 1. The van der Waals surface area contributed by atoms with Gasteiger partial charge in [0, 0.05) is 24.8 Å². The number of aromatic hydroxyl groups is 1. The number of aryl methyl sites for hydroxylation is 1. The van der Waals surface area contributed by atoms with Crippen LogP contribution in [0.1, 0.15) is 40.4 Å². The summed E-state index contributed by atoms with van der Waals surface area (Å²) in [6.07, 6.45) is 3.28. The highest BCUT2D eigenvalue weighted by Crippen LogP contribution is 2.31. The van der Waals surface area contributed by atoms with Crippen molar-refractivity contribution >= 4 is 5.91 Å². The summed E-state index contributed by atoms with van der Waals surface area (Å²) in [6, 6.07) is 1.42. The zero-order valence-electron chi connectivity index (χ0n) is 12.6. The van der Waals surface area contributed by atoms with Gasteiger partial charge in [0.2, 0.25) is 0 Å². The van der Waals surface area contributed by atoms with Gasteiger partial charge < -0.3 is 10.0 Å². The molecule has 2 N–H and O–H groups in total. The van der Waals surface area contributed by atoms with E-state index in [4.69, 9.17) is 0 Å². The lowest BCUT2D eigenvalue weighted by Crippen LogP contribution is -2.38. The lowest BCUT2D eigenvalue weighted by Gasteiger charge is -2.32. The van der Waals surface area contributed by atoms with Crippen LogP contribution < -0.4 is 0 Å². The molecular weight excluding hydrogens is 304 g/mol. The van der Waals surface area contributed by atoms with Crippen molar-refractivity contribution in [2.24, 2.45) is 0 Å². The zero-order valence-corrected chi connectivity index (χ0v) is 12.6. The minimum Gasteiger partial charge on any atom is -0.504 e. The van der Waals surface area contributed by atoms with Crippen LogP contribution in [0, 0.1) is 18.6 Å². The predicted molar refractivity (Wildman–Crippen MR) is 79.2 cm³/mol. The molecule has 0 saturated carbocycles. The van der Waals surface area contributed by atoms with Crippen LogP contribution >= 0.6 is 0 Å². The standard InChI is InChI=1S/C16H17F2N3O2/c1-9-13(8-19-20-9)10-2-4-21(5-3-10)16(23)12-6-11(17)7-14(18)15(12)22/h6-8,10,22H,2-5H2,1H3,(H,19,20). The molecule has 23 heavy (non-hydrogen) atoms. The maximum atomic E-state index is 13.4. The van der Waals surface area contributed by atoms with E-state index in [1.54, 1.807) is 6.20 Å². The zero-order chi connectivity index (χ0) is 16.6. The van der Waals surface area contributed by atoms with Gasteiger partial charge in [-0.3, -0.25) is 9.89 Å². The minimum atomic E-state index is -1.13. The molecule has 0 atom stereocenters. The molecule has 1 aromatic carbocycles. The van der Waals surface area contributed by atoms with E-state index in [0.29, 0.717) is 25.1 Å². The number of phenols is 1. The molecule has 5 nitrogen and oxygen atoms in total. The van der Waals surface area contributed by atoms with E-state index in [1.165, 1.54) is 4.90 Å². The Morgan fingerprint density at radius 1 is 1.35 bits per heavy atom. The number of nitrogens with one attached hydrogen (secondary N) is 1. The Balaban J connectivity index is 1.73. The first kappa shape index (κ1) is 15.5. The maximum Gasteiger partial charge on any atom is 0.257 e. The van der Waals surface area contributed by atoms with Crippen LogP contribution in [0.25, 0.3) is 0 Å². The highest BCUT2D eigenvalue weighted by molar-refractivity contribution is 5.97. The SMILES string of the molecule is Cc1[nH]ncc1C1CCN(C(=O)c2cc(F)cc(F)c2O)CC1. The number of hydrogen-bond acceptors (Lipinski definition) is 3. The summed E-state index contributed by atoms with van der Waals surface area (Å²) in [4.78, 5) is 13.9. The summed E-state index contributed by atoms with van der Waals surface area (Å²) in [6.45, 7) is 2.88. The number of aromatic amines is 1. The third-order valence-electron chi connectivity index (χ3n) is 4.35. The number of hydrogen-bond donors (Lipinski definition) is 2. The summed E-state index contributed by atoms with van der Waals surface area (Å²) in [5.41, 5.74) is 1.82. The van der Waals surface area contributed by atoms with Crippen LogP contribution in [0.5, 0.6) is 5.75 Å². The molecule has 2 heterocycles. The molecule has 1 aliphatic rings. The summed E-state index contributed by atoms with van der Waals surface area (Å²) in [5, 5.41) is 16.6. The van der Waals surface area contributed by atoms with Crippen LogP contribution in [0.15, 0.2) is 18.3 Å². The Kier molecular flexibility index (Phi) is 4.02. The number of nitrogens with zero attached hydrogens (tertiary/aromatic N) is 2. The van der Waals surface area contributed by atoms with Crippen molar-refractivity contribution < 1.29 is 18.7 Å². The number of H-pyrrole nitrogens is 1. The second-order valence-corrected chi connectivity index (χ2v) is 5.80. The first-order valence-corrected chi connectivity index (χ1v) is 7.44. The molecule has 0 spiro atoms. The number of piperidine rings is 1. The molecule has 1 saturated heterocycles. The van der Waals surface area contributed by atoms with Gasteiger partial charge in [-0.2, -0.15) is 5.10 Å². The van der Waals surface area contributed by atoms with E-state index in [9.17, 15) is 18.7 Å². The van der Waals surface area contributed by atoms with Crippen LogP contribution in [0.2, 0.25) is 0 Å². The molecular formula is C16H17F2N3O2. The second-order valence-electron chi connectivity index (χ2n) is 5.80. The van der Waals surface area contributed by atoms with E-state index in [2.05, 4.69) is 10.2 Å². The van der Waals surface area contributed by atoms with Crippen LogP contribution in [-0.4, -0.2) is 39.2 Å². The number of aromatic nitrogens is 2. The molecule has 1 aromatic heterocycles. The molecule has 0 unspecified atom stereocenters. The molecule has 0 aliphatic carbocycles. The van der Waals surface area contributed by atoms with Crippen LogP contribution in [0.3, 0.4) is 0 Å². The summed E-state index contributed by atoms with van der Waals surface area (Å²) >= 11 is 0. The summed E-state index contributed by atoms with van der Waals surface area (Å²) < 4.78 is 26.7. The first-order chi connectivity index (χ1) is 11.0. The average molecular weight is 321 g/mol. The molecule has 122 valence electrons. The van der Waals surface area contributed by atoms with Crippen molar-refractivity contribution in [2.75, 3.05) is 13.1 Å². The van der Waals surface area contributed by atoms with Crippen LogP contribution in [0.4, 0.5) is 8.78 Å². The van der Waals surface area contributed by atoms with Crippen molar-refractivity contribution in [3.8, 4) is 5.75 Å². The monoisotopic (exact) mass is 321 g/mol. The maximum absolute atomic E-state index is 13.4. The smallest absolute Gasteiger partial charge is 0.257 e. The van der Waals surface area contributed by atoms with E-state index in [-0.39, 0.29) is 5.56 Å². The van der Waals surface area contributed by atoms with Crippen molar-refractivity contribution in [1.82, 2.24) is 15.1 Å².